The molecule has 0 bridgehead atoms. The molecule has 0 unspecified atom stereocenters. The van der Waals surface area contributed by atoms with Gasteiger partial charge in [-0.2, -0.15) is 5.26 Å². The van der Waals surface area contributed by atoms with Crippen molar-refractivity contribution in [3.8, 4) is 17.6 Å². The van der Waals surface area contributed by atoms with Crippen molar-refractivity contribution in [1.29, 1.82) is 5.26 Å². The lowest BCUT2D eigenvalue weighted by atomic mass is 10.1. The third kappa shape index (κ3) is 6.38. The van der Waals surface area contributed by atoms with Gasteiger partial charge in [-0.05, 0) is 43.2 Å². The largest absolute Gasteiger partial charge is 0.493 e. The molecule has 156 valence electrons. The topological polar surface area (TPSA) is 97.7 Å². The van der Waals surface area contributed by atoms with Crippen molar-refractivity contribution in [3.63, 3.8) is 0 Å². The van der Waals surface area contributed by atoms with Crippen LogP contribution in [0.4, 0.5) is 0 Å². The van der Waals surface area contributed by atoms with E-state index in [1.165, 1.54) is 13.2 Å². The lowest BCUT2D eigenvalue weighted by molar-refractivity contribution is -0.145. The smallest absolute Gasteiger partial charge is 0.344 e. The molecule has 7 heteroatoms. The normalized spacial score (nSPS) is 11.7. The third-order valence-corrected chi connectivity index (χ3v) is 4.16. The average molecular weight is 408 g/mol. The van der Waals surface area contributed by atoms with Gasteiger partial charge in [0.05, 0.1) is 19.8 Å². The van der Waals surface area contributed by atoms with E-state index in [2.05, 4.69) is 5.32 Å². The number of methoxy groups -OCH3 is 1. The Hall–Kier alpha value is -3.79. The summed E-state index contributed by atoms with van der Waals surface area (Å²) in [6.07, 6.45) is 1.46. The Kier molecular flexibility index (Phi) is 8.45. The molecule has 1 amide bonds. The predicted molar refractivity (Wildman–Crippen MR) is 112 cm³/mol. The van der Waals surface area contributed by atoms with Gasteiger partial charge in [-0.15, -0.1) is 0 Å². The van der Waals surface area contributed by atoms with Gasteiger partial charge in [-0.3, -0.25) is 4.79 Å². The zero-order valence-electron chi connectivity index (χ0n) is 17.2. The molecule has 0 saturated carbocycles. The number of carbonyl (C=O) groups is 2. The Morgan fingerprint density at radius 3 is 2.53 bits per heavy atom. The molecular formula is C23H24N2O5. The fraction of sp³-hybridized carbons (Fsp3) is 0.261. The average Bonchev–Trinajstić information content (AvgIpc) is 2.76. The molecule has 0 aromatic heterocycles. The van der Waals surface area contributed by atoms with E-state index in [0.29, 0.717) is 17.1 Å². The Balaban J connectivity index is 2.13. The molecule has 1 atom stereocenters. The van der Waals surface area contributed by atoms with Gasteiger partial charge >= 0.3 is 5.97 Å². The summed E-state index contributed by atoms with van der Waals surface area (Å²) in [5.41, 5.74) is 1.47. The van der Waals surface area contributed by atoms with E-state index >= 15 is 0 Å². The summed E-state index contributed by atoms with van der Waals surface area (Å²) < 4.78 is 15.5. The van der Waals surface area contributed by atoms with Crippen molar-refractivity contribution >= 4 is 18.0 Å². The Morgan fingerprint density at radius 1 is 1.17 bits per heavy atom. The summed E-state index contributed by atoms with van der Waals surface area (Å²) in [4.78, 5) is 24.0. The number of amides is 1. The van der Waals surface area contributed by atoms with Gasteiger partial charge in [0.25, 0.3) is 5.91 Å². The molecule has 0 heterocycles. The lowest BCUT2D eigenvalue weighted by Gasteiger charge is -2.14. The van der Waals surface area contributed by atoms with Gasteiger partial charge in [0, 0.05) is 0 Å². The van der Waals surface area contributed by atoms with Crippen LogP contribution in [0.2, 0.25) is 0 Å². The maximum absolute atomic E-state index is 12.5. The zero-order chi connectivity index (χ0) is 21.9. The van der Waals surface area contributed by atoms with Crippen LogP contribution in [0.15, 0.2) is 54.1 Å². The highest BCUT2D eigenvalue weighted by molar-refractivity contribution is 6.01. The van der Waals surface area contributed by atoms with Crippen molar-refractivity contribution in [1.82, 2.24) is 5.32 Å². The number of hydrogen-bond acceptors (Lipinski definition) is 6. The quantitative estimate of drug-likeness (QED) is 0.388. The van der Waals surface area contributed by atoms with Crippen LogP contribution >= 0.6 is 0 Å². The van der Waals surface area contributed by atoms with E-state index in [1.54, 1.807) is 25.1 Å². The van der Waals surface area contributed by atoms with E-state index in [1.807, 2.05) is 43.3 Å². The first-order chi connectivity index (χ1) is 14.5. The standard InChI is InChI=1S/C23H24N2O5/c1-4-29-22(26)15-30-20-11-10-17(13-21(20)28-3)12-19(14-24)23(27)25-16(2)18-8-6-5-7-9-18/h5-13,16H,4,15H2,1-3H3,(H,25,27)/b19-12+/t16-/m0/s1. The second-order valence-electron chi connectivity index (χ2n) is 6.28. The Morgan fingerprint density at radius 2 is 1.90 bits per heavy atom. The predicted octanol–water partition coefficient (Wildman–Crippen LogP) is 3.42. The highest BCUT2D eigenvalue weighted by Crippen LogP contribution is 2.29. The molecule has 2 rings (SSSR count). The van der Waals surface area contributed by atoms with Crippen LogP contribution in [-0.2, 0) is 14.3 Å². The molecule has 2 aromatic rings. The first-order valence-electron chi connectivity index (χ1n) is 9.42. The highest BCUT2D eigenvalue weighted by atomic mass is 16.6. The van der Waals surface area contributed by atoms with E-state index in [0.717, 1.165) is 5.56 Å². The molecule has 0 radical (unpaired) electrons. The number of rotatable bonds is 9. The van der Waals surface area contributed by atoms with Crippen LogP contribution < -0.4 is 14.8 Å². The Bertz CT molecular complexity index is 948. The Labute approximate surface area is 175 Å². The first kappa shape index (κ1) is 22.5. The number of esters is 1. The van der Waals surface area contributed by atoms with Gasteiger partial charge in [0.1, 0.15) is 11.6 Å². The van der Waals surface area contributed by atoms with Crippen molar-refractivity contribution in [3.05, 3.63) is 65.2 Å². The van der Waals surface area contributed by atoms with Crippen LogP contribution in [0, 0.1) is 11.3 Å². The van der Waals surface area contributed by atoms with Gasteiger partial charge in [-0.25, -0.2) is 4.79 Å². The minimum Gasteiger partial charge on any atom is -0.493 e. The number of nitriles is 1. The number of ether oxygens (including phenoxy) is 3. The van der Waals surface area contributed by atoms with Crippen molar-refractivity contribution in [2.75, 3.05) is 20.3 Å². The summed E-state index contributed by atoms with van der Waals surface area (Å²) in [6, 6.07) is 16.0. The van der Waals surface area contributed by atoms with Crippen LogP contribution in [-0.4, -0.2) is 32.2 Å². The van der Waals surface area contributed by atoms with Crippen molar-refractivity contribution in [2.24, 2.45) is 0 Å². The zero-order valence-corrected chi connectivity index (χ0v) is 17.2. The number of nitrogens with one attached hydrogen (secondary N) is 1. The van der Waals surface area contributed by atoms with Gasteiger partial charge < -0.3 is 19.5 Å². The molecule has 2 aromatic carbocycles. The van der Waals surface area contributed by atoms with E-state index in [-0.39, 0.29) is 24.8 Å². The second kappa shape index (κ2) is 11.3. The van der Waals surface area contributed by atoms with Gasteiger partial charge in [0.15, 0.2) is 18.1 Å². The molecule has 1 N–H and O–H groups in total. The maximum atomic E-state index is 12.5. The number of carbonyl (C=O) groups excluding carboxylic acids is 2. The molecule has 0 aliphatic rings. The SMILES string of the molecule is CCOC(=O)COc1ccc(/C=C(\C#N)C(=O)N[C@@H](C)c2ccccc2)cc1OC. The van der Waals surface area contributed by atoms with Crippen LogP contribution in [0.1, 0.15) is 31.0 Å². The maximum Gasteiger partial charge on any atom is 0.344 e. The molecule has 0 aliphatic carbocycles. The van der Waals surface area contributed by atoms with E-state index in [4.69, 9.17) is 14.2 Å². The number of benzene rings is 2. The monoisotopic (exact) mass is 408 g/mol. The number of nitrogens with zero attached hydrogens (tertiary/aromatic N) is 1. The van der Waals surface area contributed by atoms with Gasteiger partial charge in [0.2, 0.25) is 0 Å². The first-order valence-corrected chi connectivity index (χ1v) is 9.42. The minimum absolute atomic E-state index is 0.0416. The molecule has 0 saturated heterocycles. The van der Waals surface area contributed by atoms with Crippen molar-refractivity contribution in [2.45, 2.75) is 19.9 Å². The molecular weight excluding hydrogens is 384 g/mol. The molecule has 0 fully saturated rings. The summed E-state index contributed by atoms with van der Waals surface area (Å²) in [5, 5.41) is 12.2. The third-order valence-electron chi connectivity index (χ3n) is 4.16. The van der Waals surface area contributed by atoms with E-state index in [9.17, 15) is 14.9 Å². The molecule has 0 aliphatic heterocycles. The highest BCUT2D eigenvalue weighted by Gasteiger charge is 2.15. The summed E-state index contributed by atoms with van der Waals surface area (Å²) in [7, 11) is 1.46. The molecule has 7 nitrogen and oxygen atoms in total. The van der Waals surface area contributed by atoms with Crippen LogP contribution in [0.5, 0.6) is 11.5 Å². The van der Waals surface area contributed by atoms with Crippen LogP contribution in [0.3, 0.4) is 0 Å². The minimum atomic E-state index is -0.487. The van der Waals surface area contributed by atoms with Crippen molar-refractivity contribution < 1.29 is 23.8 Å². The summed E-state index contributed by atoms with van der Waals surface area (Å²) >= 11 is 0. The second-order valence-corrected chi connectivity index (χ2v) is 6.28. The lowest BCUT2D eigenvalue weighted by Crippen LogP contribution is -2.27. The summed E-state index contributed by atoms with van der Waals surface area (Å²) in [5.74, 6) is -0.248. The van der Waals surface area contributed by atoms with Gasteiger partial charge in [-0.1, -0.05) is 36.4 Å². The van der Waals surface area contributed by atoms with Crippen LogP contribution in [0.25, 0.3) is 6.08 Å². The fourth-order valence-electron chi connectivity index (χ4n) is 2.65. The molecule has 0 spiro atoms. The fourth-order valence-corrected chi connectivity index (χ4v) is 2.65. The number of hydrogen-bond donors (Lipinski definition) is 1. The summed E-state index contributed by atoms with van der Waals surface area (Å²) in [6.45, 7) is 3.58. The van der Waals surface area contributed by atoms with E-state index < -0.39 is 11.9 Å². The molecule has 30 heavy (non-hydrogen) atoms.